The molecule has 2 atom stereocenters. The molecule has 0 heterocycles. The number of hydrogen-bond donors (Lipinski definition) is 0. The molecule has 0 saturated heterocycles. The van der Waals surface area contributed by atoms with Crippen LogP contribution in [0.5, 0.6) is 0 Å². The van der Waals surface area contributed by atoms with Crippen molar-refractivity contribution in [1.29, 1.82) is 0 Å². The van der Waals surface area contributed by atoms with Crippen LogP contribution < -0.4 is 4.89 Å². The van der Waals surface area contributed by atoms with Gasteiger partial charge in [-0.1, -0.05) is 128 Å². The zero-order valence-corrected chi connectivity index (χ0v) is 35.2. The highest BCUT2D eigenvalue weighted by Gasteiger charge is 2.21. The molecule has 0 aliphatic rings. The minimum absolute atomic E-state index is 0.0327. The molecule has 0 saturated carbocycles. The summed E-state index contributed by atoms with van der Waals surface area (Å²) in [4.78, 5) is 37.4. The monoisotopic (exact) mass is 758 g/mol. The van der Waals surface area contributed by atoms with Crippen molar-refractivity contribution in [2.75, 3.05) is 47.5 Å². The molecule has 0 bridgehead atoms. The summed E-state index contributed by atoms with van der Waals surface area (Å²) in [5.74, 6) is -0.853. The molecular formula is C42H80NO8P. The third-order valence-electron chi connectivity index (χ3n) is 8.94. The standard InChI is InChI=1S/C42H80NO8P/c1-6-8-10-12-14-16-18-20-22-24-26-28-30-32-34-41(44)48-38-40(39-50-52(46,47)49-37-36-43(3,4)5)51-42(45)35-33-31-29-27-25-23-21-19-17-15-13-11-9-7-2/h18-21,40H,6-17,22-39H2,1-5H3/b20-18+,21-19+/t40-/m1/s1. The van der Waals surface area contributed by atoms with Crippen molar-refractivity contribution in [1.82, 2.24) is 0 Å². The number of quaternary nitrogens is 1. The van der Waals surface area contributed by atoms with E-state index in [-0.39, 0.29) is 26.1 Å². The van der Waals surface area contributed by atoms with E-state index in [2.05, 4.69) is 38.2 Å². The first-order chi connectivity index (χ1) is 25.0. The average molecular weight is 758 g/mol. The molecule has 9 nitrogen and oxygen atoms in total. The lowest BCUT2D eigenvalue weighted by molar-refractivity contribution is -0.870. The normalized spacial score (nSPS) is 13.9. The van der Waals surface area contributed by atoms with Crippen LogP contribution >= 0.6 is 7.82 Å². The predicted molar refractivity (Wildman–Crippen MR) is 213 cm³/mol. The summed E-state index contributed by atoms with van der Waals surface area (Å²) in [7, 11) is 1.16. The van der Waals surface area contributed by atoms with Gasteiger partial charge in [0.05, 0.1) is 27.7 Å². The van der Waals surface area contributed by atoms with Gasteiger partial charge in [0.2, 0.25) is 0 Å². The molecule has 0 aliphatic carbocycles. The van der Waals surface area contributed by atoms with Crippen molar-refractivity contribution in [3.8, 4) is 0 Å². The fourth-order valence-corrected chi connectivity index (χ4v) is 6.31. The van der Waals surface area contributed by atoms with E-state index in [1.165, 1.54) is 77.0 Å². The molecule has 0 aliphatic heterocycles. The molecule has 0 fully saturated rings. The molecular weight excluding hydrogens is 677 g/mol. The van der Waals surface area contributed by atoms with Crippen molar-refractivity contribution in [3.63, 3.8) is 0 Å². The number of rotatable bonds is 38. The van der Waals surface area contributed by atoms with E-state index in [9.17, 15) is 19.0 Å². The Balaban J connectivity index is 4.41. The van der Waals surface area contributed by atoms with Gasteiger partial charge >= 0.3 is 11.9 Å². The van der Waals surface area contributed by atoms with Crippen LogP contribution in [0.3, 0.4) is 0 Å². The second-order valence-electron chi connectivity index (χ2n) is 15.3. The Morgan fingerprint density at radius 2 is 0.981 bits per heavy atom. The number of ether oxygens (including phenoxy) is 2. The van der Waals surface area contributed by atoms with Gasteiger partial charge in [0, 0.05) is 12.8 Å². The maximum absolute atomic E-state index is 12.6. The maximum Gasteiger partial charge on any atom is 0.306 e. The Labute approximate surface area is 319 Å². The van der Waals surface area contributed by atoms with Crippen molar-refractivity contribution >= 4 is 19.8 Å². The molecule has 0 aromatic carbocycles. The molecule has 0 rings (SSSR count). The first-order valence-electron chi connectivity index (χ1n) is 21.0. The van der Waals surface area contributed by atoms with Crippen LogP contribution in [0.4, 0.5) is 0 Å². The number of carbonyl (C=O) groups excluding carboxylic acids is 2. The Hall–Kier alpha value is -1.51. The van der Waals surface area contributed by atoms with E-state index in [0.29, 0.717) is 17.4 Å². The van der Waals surface area contributed by atoms with E-state index >= 15 is 0 Å². The molecule has 52 heavy (non-hydrogen) atoms. The number of phosphoric acid groups is 1. The number of carbonyl (C=O) groups is 2. The first-order valence-corrected chi connectivity index (χ1v) is 22.5. The van der Waals surface area contributed by atoms with Crippen LogP contribution in [-0.2, 0) is 32.7 Å². The SMILES string of the molecule is CCCCCCC/C=C/CCCCCCCC(=O)OC[C@H](COP(=O)([O-])OCC[N+](C)(C)C)OC(=O)CCCCCCC/C=C/CCCCCCC. The van der Waals surface area contributed by atoms with Crippen molar-refractivity contribution in [2.45, 2.75) is 187 Å². The summed E-state index contributed by atoms with van der Waals surface area (Å²) >= 11 is 0. The summed E-state index contributed by atoms with van der Waals surface area (Å²) in [5, 5.41) is 0. The summed E-state index contributed by atoms with van der Waals surface area (Å²) in [6, 6.07) is 0. The number of unbranched alkanes of at least 4 members (excludes halogenated alkanes) is 20. The van der Waals surface area contributed by atoms with Gasteiger partial charge in [0.15, 0.2) is 6.10 Å². The average Bonchev–Trinajstić information content (AvgIpc) is 3.09. The third kappa shape index (κ3) is 38.2. The molecule has 1 unspecified atom stereocenters. The molecule has 0 N–H and O–H groups in total. The number of hydrogen-bond acceptors (Lipinski definition) is 8. The molecule has 0 spiro atoms. The number of allylic oxidation sites excluding steroid dienone is 4. The summed E-state index contributed by atoms with van der Waals surface area (Å²) in [6.45, 7) is 4.19. The lowest BCUT2D eigenvalue weighted by Crippen LogP contribution is -2.37. The summed E-state index contributed by atoms with van der Waals surface area (Å²) in [5.41, 5.74) is 0. The van der Waals surface area contributed by atoms with Crippen molar-refractivity contribution in [3.05, 3.63) is 24.3 Å². The van der Waals surface area contributed by atoms with Gasteiger partial charge in [0.1, 0.15) is 19.8 Å². The molecule has 306 valence electrons. The molecule has 10 heteroatoms. The maximum atomic E-state index is 12.6. The number of esters is 2. The van der Waals surface area contributed by atoms with Gasteiger partial charge < -0.3 is 27.9 Å². The molecule has 0 radical (unpaired) electrons. The largest absolute Gasteiger partial charge is 0.756 e. The number of nitrogens with zero attached hydrogens (tertiary/aromatic N) is 1. The van der Waals surface area contributed by atoms with Crippen LogP contribution in [0.2, 0.25) is 0 Å². The van der Waals surface area contributed by atoms with E-state index in [0.717, 1.165) is 70.6 Å². The highest BCUT2D eigenvalue weighted by atomic mass is 31.2. The van der Waals surface area contributed by atoms with E-state index in [1.807, 2.05) is 21.1 Å². The lowest BCUT2D eigenvalue weighted by Gasteiger charge is -2.28. The van der Waals surface area contributed by atoms with Crippen LogP contribution in [0, 0.1) is 0 Å². The predicted octanol–water partition coefficient (Wildman–Crippen LogP) is 10.9. The fourth-order valence-electron chi connectivity index (χ4n) is 5.58. The van der Waals surface area contributed by atoms with Gasteiger partial charge in [-0.15, -0.1) is 0 Å². The second kappa shape index (κ2) is 35.2. The first kappa shape index (κ1) is 50.5. The van der Waals surface area contributed by atoms with Crippen LogP contribution in [0.15, 0.2) is 24.3 Å². The fraction of sp³-hybridized carbons (Fsp3) is 0.857. The van der Waals surface area contributed by atoms with Gasteiger partial charge in [-0.2, -0.15) is 0 Å². The minimum atomic E-state index is -4.62. The van der Waals surface area contributed by atoms with Crippen LogP contribution in [-0.4, -0.2) is 70.0 Å². The van der Waals surface area contributed by atoms with Crippen molar-refractivity contribution in [2.24, 2.45) is 0 Å². The Morgan fingerprint density at radius 1 is 0.577 bits per heavy atom. The Kier molecular flexibility index (Phi) is 34.2. The van der Waals surface area contributed by atoms with Gasteiger partial charge in [0.25, 0.3) is 7.82 Å². The highest BCUT2D eigenvalue weighted by molar-refractivity contribution is 7.45. The van der Waals surface area contributed by atoms with Gasteiger partial charge in [-0.3, -0.25) is 14.2 Å². The lowest BCUT2D eigenvalue weighted by atomic mass is 10.1. The van der Waals surface area contributed by atoms with Crippen LogP contribution in [0.25, 0.3) is 0 Å². The topological polar surface area (TPSA) is 111 Å². The zero-order valence-electron chi connectivity index (χ0n) is 34.3. The molecule has 0 aromatic heterocycles. The molecule has 0 aromatic rings. The number of likely N-dealkylation sites (N-methyl/N-ethyl adjacent to an activating group) is 1. The van der Waals surface area contributed by atoms with E-state index in [1.54, 1.807) is 0 Å². The smallest absolute Gasteiger partial charge is 0.306 e. The van der Waals surface area contributed by atoms with Gasteiger partial charge in [-0.25, -0.2) is 0 Å². The summed E-state index contributed by atoms with van der Waals surface area (Å²) < 4.78 is 33.8. The quantitative estimate of drug-likeness (QED) is 0.0201. The third-order valence-corrected chi connectivity index (χ3v) is 9.91. The van der Waals surface area contributed by atoms with Crippen molar-refractivity contribution < 1.29 is 42.1 Å². The second-order valence-corrected chi connectivity index (χ2v) is 16.8. The Bertz CT molecular complexity index is 949. The van der Waals surface area contributed by atoms with E-state index < -0.39 is 32.5 Å². The minimum Gasteiger partial charge on any atom is -0.756 e. The van der Waals surface area contributed by atoms with Gasteiger partial charge in [-0.05, 0) is 64.2 Å². The highest BCUT2D eigenvalue weighted by Crippen LogP contribution is 2.38. The van der Waals surface area contributed by atoms with E-state index in [4.69, 9.17) is 18.5 Å². The molecule has 0 amide bonds. The Morgan fingerprint density at radius 3 is 1.42 bits per heavy atom. The number of phosphoric ester groups is 1. The summed E-state index contributed by atoms with van der Waals surface area (Å²) in [6.07, 6.45) is 36.2. The zero-order chi connectivity index (χ0) is 38.6. The van der Waals surface area contributed by atoms with Crippen LogP contribution in [0.1, 0.15) is 181 Å².